The molecule has 0 bridgehead atoms. The monoisotopic (exact) mass is 289 g/mol. The van der Waals surface area contributed by atoms with Crippen LogP contribution in [0.4, 0.5) is 4.39 Å². The van der Waals surface area contributed by atoms with Gasteiger partial charge in [0.25, 0.3) is 0 Å². The van der Waals surface area contributed by atoms with E-state index >= 15 is 0 Å². The molecule has 0 spiro atoms. The highest BCUT2D eigenvalue weighted by molar-refractivity contribution is 5.78. The first-order valence-electron chi connectivity index (χ1n) is 7.05. The molecule has 110 valence electrons. The zero-order valence-electron chi connectivity index (χ0n) is 11.5. The maximum atomic E-state index is 13.3. The van der Waals surface area contributed by atoms with Gasteiger partial charge in [-0.25, -0.2) is 4.39 Å². The third-order valence-corrected chi connectivity index (χ3v) is 3.73. The zero-order valence-corrected chi connectivity index (χ0v) is 11.5. The van der Waals surface area contributed by atoms with E-state index in [-0.39, 0.29) is 24.2 Å². The second kappa shape index (κ2) is 5.99. The predicted molar refractivity (Wildman–Crippen MR) is 72.9 cm³/mol. The molecule has 0 atom stereocenters. The van der Waals surface area contributed by atoms with Crippen LogP contribution in [0.5, 0.6) is 0 Å². The van der Waals surface area contributed by atoms with Gasteiger partial charge in [-0.05, 0) is 41.5 Å². The van der Waals surface area contributed by atoms with Gasteiger partial charge >= 0.3 is 0 Å². The largest absolute Gasteiger partial charge is 0.348 e. The number of rotatable bonds is 4. The highest BCUT2D eigenvalue weighted by Crippen LogP contribution is 2.24. The average Bonchev–Trinajstić information content (AvgIpc) is 3.16. The van der Waals surface area contributed by atoms with Crippen molar-refractivity contribution in [1.82, 2.24) is 25.5 Å². The lowest BCUT2D eigenvalue weighted by Crippen LogP contribution is -2.29. The number of nitrogens with zero attached hydrogens (tertiary/aromatic N) is 4. The quantitative estimate of drug-likeness (QED) is 0.928. The molecule has 3 rings (SSSR count). The van der Waals surface area contributed by atoms with E-state index in [1.165, 1.54) is 16.8 Å². The predicted octanol–water partition coefficient (Wildman–Crippen LogP) is 1.61. The van der Waals surface area contributed by atoms with E-state index in [1.807, 2.05) is 0 Å². The summed E-state index contributed by atoms with van der Waals surface area (Å²) in [7, 11) is 0. The Kier molecular flexibility index (Phi) is 3.89. The molecule has 1 fully saturated rings. The molecule has 0 unspecified atom stereocenters. The van der Waals surface area contributed by atoms with Crippen LogP contribution in [0, 0.1) is 11.7 Å². The van der Waals surface area contributed by atoms with E-state index in [9.17, 15) is 9.18 Å². The lowest BCUT2D eigenvalue weighted by molar-refractivity contribution is -0.125. The molecule has 1 heterocycles. The molecular weight excluding hydrogens is 273 g/mol. The summed E-state index contributed by atoms with van der Waals surface area (Å²) in [6.07, 6.45) is 4.11. The molecule has 0 saturated heterocycles. The van der Waals surface area contributed by atoms with Crippen molar-refractivity contribution in [3.8, 4) is 5.69 Å². The van der Waals surface area contributed by atoms with Crippen molar-refractivity contribution in [3.05, 3.63) is 35.9 Å². The summed E-state index contributed by atoms with van der Waals surface area (Å²) in [4.78, 5) is 12.0. The highest BCUT2D eigenvalue weighted by atomic mass is 19.1. The Morgan fingerprint density at radius 1 is 1.38 bits per heavy atom. The van der Waals surface area contributed by atoms with Crippen LogP contribution >= 0.6 is 0 Å². The molecule has 7 heteroatoms. The molecule has 0 radical (unpaired) electrons. The normalized spacial score (nSPS) is 15.3. The third kappa shape index (κ3) is 3.07. The van der Waals surface area contributed by atoms with Crippen LogP contribution in [-0.2, 0) is 11.3 Å². The first kappa shape index (κ1) is 13.7. The summed E-state index contributed by atoms with van der Waals surface area (Å²) in [5.74, 6) is 0.265. The topological polar surface area (TPSA) is 72.7 Å². The SMILES string of the molecule is O=C(NCc1nnnn1-c1cccc(F)c1)C1CCCC1. The first-order chi connectivity index (χ1) is 10.2. The molecule has 1 aromatic carbocycles. The fourth-order valence-corrected chi connectivity index (χ4v) is 2.62. The maximum Gasteiger partial charge on any atom is 0.223 e. The van der Waals surface area contributed by atoms with E-state index in [4.69, 9.17) is 0 Å². The van der Waals surface area contributed by atoms with E-state index in [2.05, 4.69) is 20.8 Å². The second-order valence-corrected chi connectivity index (χ2v) is 5.19. The van der Waals surface area contributed by atoms with E-state index in [0.717, 1.165) is 25.7 Å². The van der Waals surface area contributed by atoms with Crippen LogP contribution in [-0.4, -0.2) is 26.1 Å². The fraction of sp³-hybridized carbons (Fsp3) is 0.429. The molecule has 2 aromatic rings. The summed E-state index contributed by atoms with van der Waals surface area (Å²) >= 11 is 0. The molecule has 1 N–H and O–H groups in total. The van der Waals surface area contributed by atoms with E-state index in [0.29, 0.717) is 11.5 Å². The summed E-state index contributed by atoms with van der Waals surface area (Å²) < 4.78 is 14.7. The third-order valence-electron chi connectivity index (χ3n) is 3.73. The van der Waals surface area contributed by atoms with Crippen LogP contribution in [0.15, 0.2) is 24.3 Å². The van der Waals surface area contributed by atoms with Gasteiger partial charge in [0, 0.05) is 5.92 Å². The number of amides is 1. The lowest BCUT2D eigenvalue weighted by atomic mass is 10.1. The van der Waals surface area contributed by atoms with Gasteiger partial charge in [0.05, 0.1) is 12.2 Å². The van der Waals surface area contributed by atoms with E-state index < -0.39 is 0 Å². The first-order valence-corrected chi connectivity index (χ1v) is 7.05. The number of tetrazole rings is 1. The number of carbonyl (C=O) groups excluding carboxylic acids is 1. The molecule has 1 aliphatic rings. The van der Waals surface area contributed by atoms with Crippen molar-refractivity contribution in [3.63, 3.8) is 0 Å². The average molecular weight is 289 g/mol. The van der Waals surface area contributed by atoms with Gasteiger partial charge in [-0.3, -0.25) is 4.79 Å². The van der Waals surface area contributed by atoms with Crippen molar-refractivity contribution < 1.29 is 9.18 Å². The lowest BCUT2D eigenvalue weighted by Gasteiger charge is -2.10. The molecule has 1 amide bonds. The number of benzene rings is 1. The van der Waals surface area contributed by atoms with Crippen molar-refractivity contribution >= 4 is 5.91 Å². The number of nitrogens with one attached hydrogen (secondary N) is 1. The van der Waals surface area contributed by atoms with Gasteiger partial charge in [-0.1, -0.05) is 18.9 Å². The number of hydrogen-bond donors (Lipinski definition) is 1. The van der Waals surface area contributed by atoms with Crippen LogP contribution < -0.4 is 5.32 Å². The minimum atomic E-state index is -0.357. The Bertz CT molecular complexity index is 636. The van der Waals surface area contributed by atoms with Crippen LogP contribution in [0.25, 0.3) is 5.69 Å². The summed E-state index contributed by atoms with van der Waals surface area (Å²) in [6.45, 7) is 0.235. The molecule has 1 aliphatic carbocycles. The summed E-state index contributed by atoms with van der Waals surface area (Å²) in [5, 5.41) is 14.2. The van der Waals surface area contributed by atoms with Crippen molar-refractivity contribution in [2.24, 2.45) is 5.92 Å². The van der Waals surface area contributed by atoms with Crippen LogP contribution in [0.3, 0.4) is 0 Å². The van der Waals surface area contributed by atoms with Gasteiger partial charge in [0.2, 0.25) is 5.91 Å². The standard InChI is InChI=1S/C14H16FN5O/c15-11-6-3-7-12(8-11)20-13(17-18-19-20)9-16-14(21)10-4-1-2-5-10/h3,6-8,10H,1-2,4-5,9H2,(H,16,21). The minimum absolute atomic E-state index is 0.0429. The number of carbonyl (C=O) groups is 1. The minimum Gasteiger partial charge on any atom is -0.348 e. The van der Waals surface area contributed by atoms with Crippen LogP contribution in [0.2, 0.25) is 0 Å². The van der Waals surface area contributed by atoms with Gasteiger partial charge in [-0.15, -0.1) is 5.10 Å². The van der Waals surface area contributed by atoms with E-state index in [1.54, 1.807) is 12.1 Å². The van der Waals surface area contributed by atoms with Gasteiger partial charge in [-0.2, -0.15) is 4.68 Å². The molecule has 1 saturated carbocycles. The molecule has 21 heavy (non-hydrogen) atoms. The number of aromatic nitrogens is 4. The number of halogens is 1. The Hall–Kier alpha value is -2.31. The fourth-order valence-electron chi connectivity index (χ4n) is 2.62. The van der Waals surface area contributed by atoms with Crippen LogP contribution in [0.1, 0.15) is 31.5 Å². The number of hydrogen-bond acceptors (Lipinski definition) is 4. The molecule has 1 aromatic heterocycles. The smallest absolute Gasteiger partial charge is 0.223 e. The summed E-state index contributed by atoms with van der Waals surface area (Å²) in [6, 6.07) is 6.00. The molecule has 0 aliphatic heterocycles. The van der Waals surface area contributed by atoms with Gasteiger partial charge in [0.15, 0.2) is 5.82 Å². The van der Waals surface area contributed by atoms with Crippen molar-refractivity contribution in [2.75, 3.05) is 0 Å². The maximum absolute atomic E-state index is 13.3. The second-order valence-electron chi connectivity index (χ2n) is 5.19. The molecular formula is C14H16FN5O. The van der Waals surface area contributed by atoms with Crippen molar-refractivity contribution in [2.45, 2.75) is 32.2 Å². The van der Waals surface area contributed by atoms with Gasteiger partial charge in [0.1, 0.15) is 5.82 Å². The highest BCUT2D eigenvalue weighted by Gasteiger charge is 2.22. The Labute approximate surface area is 121 Å². The molecule has 6 nitrogen and oxygen atoms in total. The zero-order chi connectivity index (χ0) is 14.7. The Morgan fingerprint density at radius 3 is 2.95 bits per heavy atom. The Balaban J connectivity index is 1.69. The Morgan fingerprint density at radius 2 is 2.19 bits per heavy atom. The van der Waals surface area contributed by atoms with Gasteiger partial charge < -0.3 is 5.32 Å². The van der Waals surface area contributed by atoms with Crippen molar-refractivity contribution in [1.29, 1.82) is 0 Å². The summed E-state index contributed by atoms with van der Waals surface area (Å²) in [5.41, 5.74) is 0.533.